The molecule has 0 saturated heterocycles. The Labute approximate surface area is 95.6 Å². The Morgan fingerprint density at radius 2 is 1.94 bits per heavy atom. The fourth-order valence-corrected chi connectivity index (χ4v) is 1.12. The summed E-state index contributed by atoms with van der Waals surface area (Å²) in [6.45, 7) is 6.05. The van der Waals surface area contributed by atoms with Gasteiger partial charge in [-0.1, -0.05) is 13.8 Å². The van der Waals surface area contributed by atoms with Crippen LogP contribution < -0.4 is 10.8 Å². The van der Waals surface area contributed by atoms with E-state index in [1.165, 1.54) is 7.11 Å². The fourth-order valence-electron chi connectivity index (χ4n) is 1.12. The van der Waals surface area contributed by atoms with Crippen LogP contribution in [0, 0.1) is 5.92 Å². The predicted molar refractivity (Wildman–Crippen MR) is 58.6 cm³/mol. The predicted octanol–water partition coefficient (Wildman–Crippen LogP) is 0.825. The molecule has 0 aromatic carbocycles. The number of hydrogen-bond donors (Lipinski definition) is 2. The molecule has 94 valence electrons. The number of hydrogen-bond acceptors (Lipinski definition) is 4. The molecular formula is C10H20N2O4. The second kappa shape index (κ2) is 7.92. The molecule has 0 aromatic heterocycles. The smallest absolute Gasteiger partial charge is 0.407 e. The van der Waals surface area contributed by atoms with Crippen LogP contribution in [0.5, 0.6) is 0 Å². The summed E-state index contributed by atoms with van der Waals surface area (Å²) in [7, 11) is 1.25. The third-order valence-corrected chi connectivity index (χ3v) is 1.82. The van der Waals surface area contributed by atoms with Crippen molar-refractivity contribution < 1.29 is 19.2 Å². The van der Waals surface area contributed by atoms with Crippen LogP contribution >= 0.6 is 0 Å². The Hall–Kier alpha value is -1.30. The van der Waals surface area contributed by atoms with Gasteiger partial charge in [-0.25, -0.2) is 10.3 Å². The Kier molecular flexibility index (Phi) is 7.28. The summed E-state index contributed by atoms with van der Waals surface area (Å²) in [5.41, 5.74) is 2.26. The molecule has 6 nitrogen and oxygen atoms in total. The van der Waals surface area contributed by atoms with E-state index in [2.05, 4.69) is 15.5 Å². The van der Waals surface area contributed by atoms with Gasteiger partial charge in [0.25, 0.3) is 5.91 Å². The number of ether oxygens (including phenoxy) is 1. The third-order valence-electron chi connectivity index (χ3n) is 1.82. The molecule has 0 saturated carbocycles. The van der Waals surface area contributed by atoms with E-state index >= 15 is 0 Å². The molecule has 0 rings (SSSR count). The zero-order valence-corrected chi connectivity index (χ0v) is 10.2. The summed E-state index contributed by atoms with van der Waals surface area (Å²) in [6.07, 6.45) is -0.106. The molecule has 0 bridgehead atoms. The zero-order valence-electron chi connectivity index (χ0n) is 10.2. The lowest BCUT2D eigenvalue weighted by atomic mass is 10.0. The van der Waals surface area contributed by atoms with E-state index in [0.717, 1.165) is 0 Å². The van der Waals surface area contributed by atoms with Crippen molar-refractivity contribution in [2.75, 3.05) is 13.7 Å². The molecule has 0 aliphatic rings. The van der Waals surface area contributed by atoms with E-state index < -0.39 is 12.1 Å². The van der Waals surface area contributed by atoms with E-state index in [1.807, 2.05) is 13.8 Å². The standard InChI is InChI=1S/C10H20N2O4/c1-5-16-12-9(13)8(6-7(2)3)11-10(14)15-4/h7-8H,5-6H2,1-4H3,(H,11,14)(H,12,13). The molecule has 0 radical (unpaired) electrons. The van der Waals surface area contributed by atoms with Crippen LogP contribution in [0.3, 0.4) is 0 Å². The van der Waals surface area contributed by atoms with E-state index in [9.17, 15) is 9.59 Å². The first-order valence-corrected chi connectivity index (χ1v) is 5.27. The number of methoxy groups -OCH3 is 1. The first-order chi connectivity index (χ1) is 7.51. The minimum Gasteiger partial charge on any atom is -0.453 e. The van der Waals surface area contributed by atoms with Gasteiger partial charge < -0.3 is 10.1 Å². The lowest BCUT2D eigenvalue weighted by molar-refractivity contribution is -0.135. The van der Waals surface area contributed by atoms with Gasteiger partial charge in [0.1, 0.15) is 6.04 Å². The van der Waals surface area contributed by atoms with Crippen molar-refractivity contribution in [2.24, 2.45) is 5.92 Å². The van der Waals surface area contributed by atoms with E-state index in [1.54, 1.807) is 6.92 Å². The van der Waals surface area contributed by atoms with Gasteiger partial charge in [-0.15, -0.1) is 0 Å². The Morgan fingerprint density at radius 1 is 1.31 bits per heavy atom. The topological polar surface area (TPSA) is 76.7 Å². The number of carbonyl (C=O) groups is 2. The first-order valence-electron chi connectivity index (χ1n) is 5.27. The first kappa shape index (κ1) is 14.7. The average Bonchev–Trinajstić information content (AvgIpc) is 2.24. The maximum atomic E-state index is 11.6. The number of alkyl carbamates (subject to hydrolysis) is 1. The van der Waals surface area contributed by atoms with Crippen LogP contribution in [0.4, 0.5) is 4.79 Å². The lowest BCUT2D eigenvalue weighted by Gasteiger charge is -2.18. The summed E-state index contributed by atoms with van der Waals surface area (Å²) < 4.78 is 4.45. The molecule has 6 heteroatoms. The number of carbonyl (C=O) groups excluding carboxylic acids is 2. The van der Waals surface area contributed by atoms with Gasteiger partial charge in [0.15, 0.2) is 0 Å². The van der Waals surface area contributed by atoms with Gasteiger partial charge in [0, 0.05) is 0 Å². The molecule has 0 fully saturated rings. The minimum atomic E-state index is -0.640. The van der Waals surface area contributed by atoms with Crippen LogP contribution in [-0.4, -0.2) is 31.8 Å². The summed E-state index contributed by atoms with van der Waals surface area (Å²) in [6, 6.07) is -0.640. The average molecular weight is 232 g/mol. The van der Waals surface area contributed by atoms with Crippen molar-refractivity contribution in [1.82, 2.24) is 10.8 Å². The van der Waals surface area contributed by atoms with Gasteiger partial charge in [0.05, 0.1) is 13.7 Å². The van der Waals surface area contributed by atoms with Crippen LogP contribution in [-0.2, 0) is 14.4 Å². The van der Waals surface area contributed by atoms with Gasteiger partial charge in [-0.05, 0) is 19.3 Å². The molecule has 0 heterocycles. The highest BCUT2D eigenvalue weighted by Gasteiger charge is 2.22. The largest absolute Gasteiger partial charge is 0.453 e. The normalized spacial score (nSPS) is 12.1. The molecule has 1 atom stereocenters. The van der Waals surface area contributed by atoms with Crippen molar-refractivity contribution in [3.05, 3.63) is 0 Å². The van der Waals surface area contributed by atoms with Gasteiger partial charge in [0.2, 0.25) is 0 Å². The maximum Gasteiger partial charge on any atom is 0.407 e. The molecule has 0 aromatic rings. The molecule has 1 unspecified atom stereocenters. The lowest BCUT2D eigenvalue weighted by Crippen LogP contribution is -2.47. The fraction of sp³-hybridized carbons (Fsp3) is 0.800. The number of nitrogens with one attached hydrogen (secondary N) is 2. The van der Waals surface area contributed by atoms with Crippen LogP contribution in [0.2, 0.25) is 0 Å². The Balaban J connectivity index is 4.28. The second-order valence-electron chi connectivity index (χ2n) is 3.72. The monoisotopic (exact) mass is 232 g/mol. The molecule has 0 spiro atoms. The van der Waals surface area contributed by atoms with Gasteiger partial charge >= 0.3 is 6.09 Å². The summed E-state index contributed by atoms with van der Waals surface area (Å²) in [4.78, 5) is 27.4. The van der Waals surface area contributed by atoms with E-state index in [0.29, 0.717) is 13.0 Å². The van der Waals surface area contributed by atoms with Crippen molar-refractivity contribution in [2.45, 2.75) is 33.2 Å². The number of hydroxylamine groups is 1. The molecule has 2 amide bonds. The third kappa shape index (κ3) is 6.23. The van der Waals surface area contributed by atoms with Crippen LogP contribution in [0.25, 0.3) is 0 Å². The summed E-state index contributed by atoms with van der Waals surface area (Å²) in [5, 5.41) is 2.45. The van der Waals surface area contributed by atoms with E-state index in [4.69, 9.17) is 4.84 Å². The van der Waals surface area contributed by atoms with Crippen molar-refractivity contribution in [1.29, 1.82) is 0 Å². The molecule has 0 aliphatic carbocycles. The Bertz CT molecular complexity index is 231. The number of amides is 2. The Morgan fingerprint density at radius 3 is 2.38 bits per heavy atom. The van der Waals surface area contributed by atoms with Crippen LogP contribution in [0.15, 0.2) is 0 Å². The highest BCUT2D eigenvalue weighted by Crippen LogP contribution is 2.05. The van der Waals surface area contributed by atoms with Crippen molar-refractivity contribution in [3.63, 3.8) is 0 Å². The zero-order chi connectivity index (χ0) is 12.6. The molecular weight excluding hydrogens is 212 g/mol. The SMILES string of the molecule is CCONC(=O)C(CC(C)C)NC(=O)OC. The van der Waals surface area contributed by atoms with Crippen LogP contribution in [0.1, 0.15) is 27.2 Å². The molecule has 2 N–H and O–H groups in total. The van der Waals surface area contributed by atoms with Crippen molar-refractivity contribution in [3.8, 4) is 0 Å². The van der Waals surface area contributed by atoms with Crippen molar-refractivity contribution >= 4 is 12.0 Å². The number of rotatable bonds is 6. The highest BCUT2D eigenvalue weighted by atomic mass is 16.6. The summed E-state index contributed by atoms with van der Waals surface area (Å²) in [5.74, 6) is -0.101. The van der Waals surface area contributed by atoms with Gasteiger partial charge in [-0.3, -0.25) is 9.63 Å². The maximum absolute atomic E-state index is 11.6. The van der Waals surface area contributed by atoms with E-state index in [-0.39, 0.29) is 11.8 Å². The molecule has 16 heavy (non-hydrogen) atoms. The molecule has 0 aliphatic heterocycles. The second-order valence-corrected chi connectivity index (χ2v) is 3.72. The van der Waals surface area contributed by atoms with Gasteiger partial charge in [-0.2, -0.15) is 0 Å². The summed E-state index contributed by atoms with van der Waals surface area (Å²) >= 11 is 0. The quantitative estimate of drug-likeness (QED) is 0.665. The highest BCUT2D eigenvalue weighted by molar-refractivity contribution is 5.84. The minimum absolute atomic E-state index is 0.273.